The van der Waals surface area contributed by atoms with E-state index in [1.165, 1.54) is 32.7 Å². The predicted octanol–water partition coefficient (Wildman–Crippen LogP) is 6.95. The van der Waals surface area contributed by atoms with Crippen molar-refractivity contribution < 1.29 is 19.0 Å². The summed E-state index contributed by atoms with van der Waals surface area (Å²) in [4.78, 5) is 14.0. The van der Waals surface area contributed by atoms with Crippen LogP contribution in [0.5, 0.6) is 17.2 Å². The van der Waals surface area contributed by atoms with Crippen LogP contribution in [0.3, 0.4) is 0 Å². The maximum absolute atomic E-state index is 14.0. The number of nitrogens with one attached hydrogen (secondary N) is 3. The van der Waals surface area contributed by atoms with E-state index in [2.05, 4.69) is 101 Å². The molecular formula is C40H47N3O4. The van der Waals surface area contributed by atoms with E-state index >= 15 is 0 Å². The first-order chi connectivity index (χ1) is 23.0. The first-order valence-corrected chi connectivity index (χ1v) is 16.7. The third-order valence-electron chi connectivity index (χ3n) is 8.25. The molecule has 246 valence electrons. The maximum atomic E-state index is 14.0. The molecule has 5 aromatic rings. The molecule has 0 fully saturated rings. The van der Waals surface area contributed by atoms with E-state index in [1.54, 1.807) is 12.1 Å². The number of fused-ring (bicyclic) bond motifs is 2. The van der Waals surface area contributed by atoms with Gasteiger partial charge in [0.25, 0.3) is 5.91 Å². The number of likely N-dealkylation sites (N-methyl/N-ethyl adjacent to an activating group) is 1. The van der Waals surface area contributed by atoms with Gasteiger partial charge in [-0.3, -0.25) is 4.79 Å². The minimum Gasteiger partial charge on any atom is -0.490 e. The Labute approximate surface area is 278 Å². The van der Waals surface area contributed by atoms with E-state index in [4.69, 9.17) is 14.2 Å². The van der Waals surface area contributed by atoms with Crippen molar-refractivity contribution in [1.82, 2.24) is 16.0 Å². The van der Waals surface area contributed by atoms with Gasteiger partial charge in [-0.25, -0.2) is 0 Å². The summed E-state index contributed by atoms with van der Waals surface area (Å²) >= 11 is 0. The summed E-state index contributed by atoms with van der Waals surface area (Å²) in [6.45, 7) is 8.44. The molecule has 0 bridgehead atoms. The van der Waals surface area contributed by atoms with Gasteiger partial charge in [-0.15, -0.1) is 0 Å². The zero-order valence-corrected chi connectivity index (χ0v) is 28.0. The van der Waals surface area contributed by atoms with Gasteiger partial charge in [0.1, 0.15) is 0 Å². The van der Waals surface area contributed by atoms with Crippen LogP contribution >= 0.6 is 0 Å². The highest BCUT2D eigenvalue weighted by atomic mass is 16.5. The van der Waals surface area contributed by atoms with Crippen LogP contribution in [0.25, 0.3) is 21.5 Å². The van der Waals surface area contributed by atoms with Crippen molar-refractivity contribution in [3.05, 3.63) is 114 Å². The molecule has 0 saturated carbocycles. The third-order valence-corrected chi connectivity index (χ3v) is 8.25. The van der Waals surface area contributed by atoms with Crippen LogP contribution in [0.1, 0.15) is 42.3 Å². The summed E-state index contributed by atoms with van der Waals surface area (Å²) in [5, 5.41) is 15.3. The lowest BCUT2D eigenvalue weighted by Crippen LogP contribution is -2.48. The molecule has 0 aliphatic rings. The molecule has 0 saturated heterocycles. The highest BCUT2D eigenvalue weighted by Crippen LogP contribution is 2.39. The van der Waals surface area contributed by atoms with Crippen LogP contribution in [0, 0.1) is 0 Å². The molecule has 0 radical (unpaired) electrons. The molecular weight excluding hydrogens is 586 g/mol. The highest BCUT2D eigenvalue weighted by molar-refractivity contribution is 5.96. The average molecular weight is 634 g/mol. The highest BCUT2D eigenvalue weighted by Gasteiger charge is 2.22. The second-order valence-corrected chi connectivity index (χ2v) is 11.7. The average Bonchev–Trinajstić information content (AvgIpc) is 3.08. The Morgan fingerprint density at radius 2 is 1.32 bits per heavy atom. The van der Waals surface area contributed by atoms with Gasteiger partial charge in [0, 0.05) is 30.7 Å². The molecule has 0 heterocycles. The number of hydrogen-bond donors (Lipinski definition) is 3. The van der Waals surface area contributed by atoms with Crippen molar-refractivity contribution in [2.45, 2.75) is 45.7 Å². The molecule has 0 unspecified atom stereocenters. The van der Waals surface area contributed by atoms with Crippen LogP contribution in [-0.2, 0) is 12.8 Å². The van der Waals surface area contributed by atoms with Gasteiger partial charge < -0.3 is 30.2 Å². The van der Waals surface area contributed by atoms with Crippen molar-refractivity contribution in [2.75, 3.05) is 40.0 Å². The maximum Gasteiger partial charge on any atom is 0.251 e. The number of carbonyl (C=O) groups is 1. The molecule has 7 heteroatoms. The normalized spacial score (nSPS) is 12.5. The van der Waals surface area contributed by atoms with Crippen molar-refractivity contribution >= 4 is 27.5 Å². The number of rotatable bonds is 17. The first-order valence-electron chi connectivity index (χ1n) is 16.7. The summed E-state index contributed by atoms with van der Waals surface area (Å²) in [5.41, 5.74) is 2.92. The van der Waals surface area contributed by atoms with E-state index in [1.807, 2.05) is 27.8 Å². The minimum atomic E-state index is -0.193. The Kier molecular flexibility index (Phi) is 12.1. The van der Waals surface area contributed by atoms with Gasteiger partial charge in [0.2, 0.25) is 5.75 Å². The lowest BCUT2D eigenvalue weighted by Gasteiger charge is -2.25. The van der Waals surface area contributed by atoms with Crippen LogP contribution in [0.15, 0.2) is 97.1 Å². The molecule has 1 amide bonds. The third kappa shape index (κ3) is 8.82. The zero-order valence-electron chi connectivity index (χ0n) is 28.0. The van der Waals surface area contributed by atoms with Gasteiger partial charge in [0.15, 0.2) is 11.5 Å². The molecule has 7 nitrogen and oxygen atoms in total. The van der Waals surface area contributed by atoms with Gasteiger partial charge in [-0.05, 0) is 85.5 Å². The summed E-state index contributed by atoms with van der Waals surface area (Å²) in [7, 11) is 1.97. The fourth-order valence-electron chi connectivity index (χ4n) is 6.12. The summed E-state index contributed by atoms with van der Waals surface area (Å²) < 4.78 is 17.7. The lowest BCUT2D eigenvalue weighted by molar-refractivity contribution is 0.0934. The molecule has 2 atom stereocenters. The second kappa shape index (κ2) is 16.8. The SMILES string of the molecule is CCOc1cc(C(=O)N[C@H](CN[C@H](CNC)Cc2ccc3ccccc3c2)Cc2cccc3ccccc23)cc(OCC)c1OCC. The standard InChI is InChI=1S/C40H47N3O4/c1-5-45-37-24-33(25-38(46-6-2)39(37)47-7-3)40(44)43-35(23-32-17-12-16-30-14-10-11-18-36(30)32)27-42-34(26-41-4)22-28-19-20-29-13-8-9-15-31(29)21-28/h8-21,24-25,34-35,41-42H,5-7,22-23,26-27H2,1-4H3,(H,43,44)/t34-,35-/m0/s1. The number of hydrogen-bond acceptors (Lipinski definition) is 6. The summed E-state index contributed by atoms with van der Waals surface area (Å²) in [6.07, 6.45) is 1.52. The Morgan fingerprint density at radius 1 is 0.660 bits per heavy atom. The van der Waals surface area contributed by atoms with Crippen LogP contribution in [0.2, 0.25) is 0 Å². The summed E-state index contributed by atoms with van der Waals surface area (Å²) in [6, 6.07) is 33.3. The molecule has 3 N–H and O–H groups in total. The van der Waals surface area contributed by atoms with Crippen molar-refractivity contribution in [2.24, 2.45) is 0 Å². The number of carbonyl (C=O) groups excluding carboxylic acids is 1. The molecule has 5 rings (SSSR count). The number of ether oxygens (including phenoxy) is 3. The quantitative estimate of drug-likeness (QED) is 0.103. The van der Waals surface area contributed by atoms with Gasteiger partial charge in [-0.2, -0.15) is 0 Å². The monoisotopic (exact) mass is 633 g/mol. The van der Waals surface area contributed by atoms with Gasteiger partial charge >= 0.3 is 0 Å². The van der Waals surface area contributed by atoms with E-state index in [0.717, 1.165) is 13.0 Å². The van der Waals surface area contributed by atoms with Crippen molar-refractivity contribution in [3.63, 3.8) is 0 Å². The van der Waals surface area contributed by atoms with Crippen LogP contribution < -0.4 is 30.2 Å². The van der Waals surface area contributed by atoms with E-state index in [-0.39, 0.29) is 18.0 Å². The largest absolute Gasteiger partial charge is 0.490 e. The van der Waals surface area contributed by atoms with E-state index in [9.17, 15) is 4.79 Å². The van der Waals surface area contributed by atoms with Gasteiger partial charge in [0.05, 0.1) is 19.8 Å². The fourth-order valence-corrected chi connectivity index (χ4v) is 6.12. The second-order valence-electron chi connectivity index (χ2n) is 11.7. The Hall–Kier alpha value is -4.59. The predicted molar refractivity (Wildman–Crippen MR) is 192 cm³/mol. The van der Waals surface area contributed by atoms with Gasteiger partial charge in [-0.1, -0.05) is 84.9 Å². The van der Waals surface area contributed by atoms with Crippen molar-refractivity contribution in [1.29, 1.82) is 0 Å². The summed E-state index contributed by atoms with van der Waals surface area (Å²) in [5.74, 6) is 1.32. The van der Waals surface area contributed by atoms with Crippen LogP contribution in [-0.4, -0.2) is 57.9 Å². The molecule has 5 aromatic carbocycles. The first kappa shape index (κ1) is 33.8. The Balaban J connectivity index is 1.41. The molecule has 0 aromatic heterocycles. The number of benzene rings is 5. The fraction of sp³-hybridized carbons (Fsp3) is 0.325. The Bertz CT molecular complexity index is 1740. The Morgan fingerprint density at radius 3 is 2.02 bits per heavy atom. The lowest BCUT2D eigenvalue weighted by atomic mass is 9.97. The van der Waals surface area contributed by atoms with E-state index < -0.39 is 0 Å². The topological polar surface area (TPSA) is 80.9 Å². The molecule has 47 heavy (non-hydrogen) atoms. The smallest absolute Gasteiger partial charge is 0.251 e. The number of amides is 1. The zero-order chi connectivity index (χ0) is 33.0. The van der Waals surface area contributed by atoms with E-state index in [0.29, 0.717) is 55.6 Å². The van der Waals surface area contributed by atoms with Crippen molar-refractivity contribution in [3.8, 4) is 17.2 Å². The molecule has 0 spiro atoms. The van der Waals surface area contributed by atoms with Crippen LogP contribution in [0.4, 0.5) is 0 Å². The molecule has 0 aliphatic carbocycles. The molecule has 0 aliphatic heterocycles. The minimum absolute atomic E-state index is 0.160.